The SMILES string of the molecule is CCC(C)CCCCCCCCC(=O)OC[C@H](COP(=O)(O)OCC(O)COP(=O)(O)OC[C@@H](COC(=O)CCCCCCCCC(C)C)OC(=O)CCCCCCCCCCCCCCCCCCC(C)C)OC(=O)CCCCCCCCCCCCCCCCC(C)C. The highest BCUT2D eigenvalue weighted by atomic mass is 31.2. The molecule has 0 saturated carbocycles. The van der Waals surface area contributed by atoms with Gasteiger partial charge in [-0.2, -0.15) is 0 Å². The van der Waals surface area contributed by atoms with Crippen molar-refractivity contribution in [3.05, 3.63) is 0 Å². The van der Waals surface area contributed by atoms with Crippen molar-refractivity contribution in [1.82, 2.24) is 0 Å². The van der Waals surface area contributed by atoms with Gasteiger partial charge in [-0.3, -0.25) is 37.3 Å². The topological polar surface area (TPSA) is 237 Å². The molecule has 19 heteroatoms. The van der Waals surface area contributed by atoms with Crippen molar-refractivity contribution < 1.29 is 80.2 Å². The van der Waals surface area contributed by atoms with E-state index in [4.69, 9.17) is 37.0 Å². The molecule has 0 radical (unpaired) electrons. The van der Waals surface area contributed by atoms with Crippen LogP contribution in [-0.4, -0.2) is 96.7 Å². The summed E-state index contributed by atoms with van der Waals surface area (Å²) in [5, 5.41) is 10.6. The zero-order valence-corrected chi connectivity index (χ0v) is 64.1. The average Bonchev–Trinajstić information content (AvgIpc) is 1.96. The van der Waals surface area contributed by atoms with Crippen LogP contribution in [0.25, 0.3) is 0 Å². The number of rotatable bonds is 73. The van der Waals surface area contributed by atoms with Crippen LogP contribution in [0.2, 0.25) is 0 Å². The molecule has 0 rings (SSSR count). The number of aliphatic hydroxyl groups excluding tert-OH is 1. The smallest absolute Gasteiger partial charge is 0.462 e. The number of hydrogen-bond donors (Lipinski definition) is 3. The number of hydrogen-bond acceptors (Lipinski definition) is 15. The molecule has 0 aliphatic carbocycles. The molecule has 0 fully saturated rings. The molecule has 0 aliphatic heterocycles. The normalized spacial score (nSPS) is 14.4. The highest BCUT2D eigenvalue weighted by molar-refractivity contribution is 7.47. The van der Waals surface area contributed by atoms with Gasteiger partial charge in [0.15, 0.2) is 12.2 Å². The predicted octanol–water partition coefficient (Wildman–Crippen LogP) is 22.0. The zero-order valence-electron chi connectivity index (χ0n) is 62.3. The molecule has 17 nitrogen and oxygen atoms in total. The Kier molecular flexibility index (Phi) is 64.0. The minimum Gasteiger partial charge on any atom is -0.462 e. The summed E-state index contributed by atoms with van der Waals surface area (Å²) in [6, 6.07) is 0. The second-order valence-electron chi connectivity index (χ2n) is 29.1. The van der Waals surface area contributed by atoms with E-state index in [0.717, 1.165) is 120 Å². The van der Waals surface area contributed by atoms with Crippen LogP contribution in [-0.2, 0) is 65.4 Å². The lowest BCUT2D eigenvalue weighted by Gasteiger charge is -2.21. The summed E-state index contributed by atoms with van der Waals surface area (Å²) in [5.74, 6) is 0.890. The lowest BCUT2D eigenvalue weighted by atomic mass is 10.00. The Labute approximate surface area is 581 Å². The number of phosphoric acid groups is 2. The molecule has 0 aromatic carbocycles. The zero-order chi connectivity index (χ0) is 70.3. The third-order valence-electron chi connectivity index (χ3n) is 17.9. The molecule has 0 heterocycles. The quantitative estimate of drug-likeness (QED) is 0.0222. The van der Waals surface area contributed by atoms with Crippen LogP contribution in [0.15, 0.2) is 0 Å². The second-order valence-corrected chi connectivity index (χ2v) is 32.0. The lowest BCUT2D eigenvalue weighted by Crippen LogP contribution is -2.30. The van der Waals surface area contributed by atoms with Crippen molar-refractivity contribution >= 4 is 39.5 Å². The monoisotopic (exact) mass is 1400 g/mol. The minimum atomic E-state index is -4.96. The van der Waals surface area contributed by atoms with E-state index in [9.17, 15) is 43.2 Å². The van der Waals surface area contributed by atoms with E-state index in [2.05, 4.69) is 55.4 Å². The fourth-order valence-corrected chi connectivity index (χ4v) is 13.1. The van der Waals surface area contributed by atoms with Crippen LogP contribution in [0.3, 0.4) is 0 Å². The maximum Gasteiger partial charge on any atom is 0.472 e. The Hall–Kier alpha value is -1.94. The van der Waals surface area contributed by atoms with E-state index in [1.165, 1.54) is 173 Å². The number of unbranched alkanes of at least 4 members (excludes halogenated alkanes) is 38. The fraction of sp³-hybridized carbons (Fsp3) is 0.947. The molecule has 0 saturated heterocycles. The second kappa shape index (κ2) is 65.4. The highest BCUT2D eigenvalue weighted by Crippen LogP contribution is 2.45. The van der Waals surface area contributed by atoms with E-state index < -0.39 is 97.5 Å². The summed E-state index contributed by atoms with van der Waals surface area (Å²) in [4.78, 5) is 72.7. The summed E-state index contributed by atoms with van der Waals surface area (Å²) in [6.45, 7) is 14.1. The molecular formula is C76H148O17P2. The molecule has 4 unspecified atom stereocenters. The number of carbonyl (C=O) groups excluding carboxylic acids is 4. The Morgan fingerprint density at radius 1 is 0.295 bits per heavy atom. The van der Waals surface area contributed by atoms with Crippen LogP contribution >= 0.6 is 15.6 Å². The van der Waals surface area contributed by atoms with Crippen molar-refractivity contribution in [2.24, 2.45) is 23.7 Å². The predicted molar refractivity (Wildman–Crippen MR) is 386 cm³/mol. The van der Waals surface area contributed by atoms with Gasteiger partial charge < -0.3 is 33.8 Å². The van der Waals surface area contributed by atoms with E-state index in [0.29, 0.717) is 31.6 Å². The summed E-state index contributed by atoms with van der Waals surface area (Å²) in [5.41, 5.74) is 0. The van der Waals surface area contributed by atoms with E-state index in [1.54, 1.807) is 0 Å². The molecule has 0 aromatic heterocycles. The number of carbonyl (C=O) groups is 4. The van der Waals surface area contributed by atoms with Gasteiger partial charge in [-0.05, 0) is 49.4 Å². The van der Waals surface area contributed by atoms with Crippen LogP contribution < -0.4 is 0 Å². The number of esters is 4. The van der Waals surface area contributed by atoms with Gasteiger partial charge in [-0.1, -0.05) is 331 Å². The first-order valence-electron chi connectivity index (χ1n) is 39.2. The first kappa shape index (κ1) is 93.1. The average molecular weight is 1400 g/mol. The van der Waals surface area contributed by atoms with Crippen LogP contribution in [0, 0.1) is 23.7 Å². The standard InChI is InChI=1S/C76H148O17P2/c1-9-69(8)55-47-39-33-35-41-49-57-74(79)87-63-72(93-76(81)59-51-43-31-27-23-19-15-14-17-21-25-29-37-45-53-67(4)5)65-91-95(84,85)89-61-70(77)60-88-94(82,83)90-64-71(62-86-73(78)56-48-40-34-32-38-46-54-68(6)7)92-75(80)58-50-42-30-26-22-18-13-11-10-12-16-20-24-28-36-44-52-66(2)3/h66-72,77H,9-65H2,1-8H3,(H,82,83)(H,84,85)/t69?,70?,71-,72-/m1/s1. The molecule has 0 aliphatic rings. The van der Waals surface area contributed by atoms with Crippen LogP contribution in [0.4, 0.5) is 0 Å². The number of ether oxygens (including phenoxy) is 4. The fourth-order valence-electron chi connectivity index (χ4n) is 11.5. The van der Waals surface area contributed by atoms with Gasteiger partial charge in [0.25, 0.3) is 0 Å². The van der Waals surface area contributed by atoms with Gasteiger partial charge in [0, 0.05) is 25.7 Å². The van der Waals surface area contributed by atoms with E-state index >= 15 is 0 Å². The highest BCUT2D eigenvalue weighted by Gasteiger charge is 2.30. The van der Waals surface area contributed by atoms with Gasteiger partial charge in [0.2, 0.25) is 0 Å². The first-order chi connectivity index (χ1) is 45.6. The van der Waals surface area contributed by atoms with Crippen LogP contribution in [0.5, 0.6) is 0 Å². The molecule has 6 atom stereocenters. The largest absolute Gasteiger partial charge is 0.472 e. The van der Waals surface area contributed by atoms with Gasteiger partial charge in [-0.25, -0.2) is 9.13 Å². The molecular weight excluding hydrogens is 1250 g/mol. The summed E-state index contributed by atoms with van der Waals surface area (Å²) < 4.78 is 68.5. The number of phosphoric ester groups is 2. The summed E-state index contributed by atoms with van der Waals surface area (Å²) >= 11 is 0. The van der Waals surface area contributed by atoms with Gasteiger partial charge >= 0.3 is 39.5 Å². The third-order valence-corrected chi connectivity index (χ3v) is 19.8. The third kappa shape index (κ3) is 69.0. The molecule has 0 amide bonds. The molecule has 564 valence electrons. The molecule has 0 spiro atoms. The van der Waals surface area contributed by atoms with Crippen LogP contribution in [0.1, 0.15) is 383 Å². The van der Waals surface area contributed by atoms with Crippen molar-refractivity contribution in [3.8, 4) is 0 Å². The first-order valence-corrected chi connectivity index (χ1v) is 42.2. The molecule has 3 N–H and O–H groups in total. The molecule has 0 aromatic rings. The summed E-state index contributed by atoms with van der Waals surface area (Å²) in [6.07, 6.45) is 50.2. The van der Waals surface area contributed by atoms with Crippen molar-refractivity contribution in [2.45, 2.75) is 401 Å². The minimum absolute atomic E-state index is 0.106. The van der Waals surface area contributed by atoms with Crippen molar-refractivity contribution in [1.29, 1.82) is 0 Å². The van der Waals surface area contributed by atoms with E-state index in [-0.39, 0.29) is 25.7 Å². The van der Waals surface area contributed by atoms with Crippen molar-refractivity contribution in [3.63, 3.8) is 0 Å². The maximum atomic E-state index is 13.1. The van der Waals surface area contributed by atoms with Crippen molar-refractivity contribution in [2.75, 3.05) is 39.6 Å². The Bertz CT molecular complexity index is 1870. The molecule has 95 heavy (non-hydrogen) atoms. The van der Waals surface area contributed by atoms with E-state index in [1.807, 2.05) is 0 Å². The molecule has 0 bridgehead atoms. The van der Waals surface area contributed by atoms with Gasteiger partial charge in [0.05, 0.1) is 26.4 Å². The lowest BCUT2D eigenvalue weighted by molar-refractivity contribution is -0.161. The Morgan fingerprint density at radius 3 is 0.747 bits per heavy atom. The van der Waals surface area contributed by atoms with Gasteiger partial charge in [-0.15, -0.1) is 0 Å². The number of aliphatic hydroxyl groups is 1. The Balaban J connectivity index is 5.18. The maximum absolute atomic E-state index is 13.1. The Morgan fingerprint density at radius 2 is 0.505 bits per heavy atom. The summed E-state index contributed by atoms with van der Waals surface area (Å²) in [7, 11) is -9.91. The van der Waals surface area contributed by atoms with Gasteiger partial charge in [0.1, 0.15) is 19.3 Å².